The third kappa shape index (κ3) is 2.75. The van der Waals surface area contributed by atoms with Gasteiger partial charge >= 0.3 is 7.82 Å². The zero-order valence-electron chi connectivity index (χ0n) is 7.19. The maximum Gasteiger partial charge on any atom is 0.474 e. The molecule has 0 bridgehead atoms. The zero-order valence-corrected chi connectivity index (χ0v) is 8.90. The van der Waals surface area contributed by atoms with E-state index in [-0.39, 0.29) is 6.10 Å². The molecular weight excluding hydrogens is 199 g/mol. The van der Waals surface area contributed by atoms with Crippen molar-refractivity contribution in [1.29, 1.82) is 0 Å². The van der Waals surface area contributed by atoms with Crippen molar-refractivity contribution in [3.05, 3.63) is 0 Å². The summed E-state index contributed by atoms with van der Waals surface area (Å²) < 4.78 is 25.9. The van der Waals surface area contributed by atoms with E-state index in [1.54, 1.807) is 11.8 Å². The molecule has 1 aliphatic rings. The lowest BCUT2D eigenvalue weighted by Crippen LogP contribution is -2.10. The molecule has 1 unspecified atom stereocenters. The van der Waals surface area contributed by atoms with Gasteiger partial charge in [0.25, 0.3) is 0 Å². The zero-order chi connectivity index (χ0) is 9.03. The molecule has 1 saturated heterocycles. The Morgan fingerprint density at radius 1 is 1.42 bits per heavy atom. The maximum absolute atomic E-state index is 11.4. The molecule has 1 atom stereocenters. The fourth-order valence-electron chi connectivity index (χ4n) is 0.939. The Morgan fingerprint density at radius 2 is 2.08 bits per heavy atom. The van der Waals surface area contributed by atoms with Gasteiger partial charge in [0, 0.05) is 20.0 Å². The average Bonchev–Trinajstić information content (AvgIpc) is 2.57. The Bertz CT molecular complexity index is 172. The second kappa shape index (κ2) is 4.63. The summed E-state index contributed by atoms with van der Waals surface area (Å²) >= 11 is 1.79. The molecule has 0 radical (unpaired) electrons. The maximum atomic E-state index is 11.4. The monoisotopic (exact) mass is 212 g/mol. The van der Waals surface area contributed by atoms with E-state index in [4.69, 9.17) is 4.52 Å². The summed E-state index contributed by atoms with van der Waals surface area (Å²) in [5.74, 6) is 1.93. The highest BCUT2D eigenvalue weighted by Gasteiger charge is 2.29. The van der Waals surface area contributed by atoms with Gasteiger partial charge in [-0.1, -0.05) is 0 Å². The van der Waals surface area contributed by atoms with Crippen LogP contribution in [0.25, 0.3) is 0 Å². The molecule has 4 nitrogen and oxygen atoms in total. The molecule has 0 aliphatic carbocycles. The van der Waals surface area contributed by atoms with Crippen LogP contribution in [0.15, 0.2) is 0 Å². The van der Waals surface area contributed by atoms with E-state index in [1.807, 2.05) is 0 Å². The largest absolute Gasteiger partial charge is 0.474 e. The van der Waals surface area contributed by atoms with Crippen molar-refractivity contribution in [2.24, 2.45) is 0 Å². The van der Waals surface area contributed by atoms with Crippen LogP contribution >= 0.6 is 19.6 Å². The van der Waals surface area contributed by atoms with Crippen molar-refractivity contribution >= 4 is 19.6 Å². The van der Waals surface area contributed by atoms with Crippen molar-refractivity contribution in [3.8, 4) is 0 Å². The second-order valence-corrected chi connectivity index (χ2v) is 5.39. The molecule has 72 valence electrons. The highest BCUT2D eigenvalue weighted by atomic mass is 32.2. The summed E-state index contributed by atoms with van der Waals surface area (Å²) in [6.45, 7) is 0. The molecule has 0 aromatic heterocycles. The van der Waals surface area contributed by atoms with Gasteiger partial charge in [0.2, 0.25) is 0 Å². The first-order valence-electron chi connectivity index (χ1n) is 3.68. The predicted molar refractivity (Wildman–Crippen MR) is 48.4 cm³/mol. The third-order valence-electron chi connectivity index (χ3n) is 1.61. The summed E-state index contributed by atoms with van der Waals surface area (Å²) in [7, 11) is -0.592. The minimum Gasteiger partial charge on any atom is -0.290 e. The number of hydrogen-bond acceptors (Lipinski definition) is 5. The van der Waals surface area contributed by atoms with Gasteiger partial charge in [-0.25, -0.2) is 4.57 Å². The quantitative estimate of drug-likeness (QED) is 0.666. The Kier molecular flexibility index (Phi) is 4.06. The molecule has 0 aromatic carbocycles. The lowest BCUT2D eigenvalue weighted by Gasteiger charge is -2.16. The Morgan fingerprint density at radius 3 is 2.50 bits per heavy atom. The van der Waals surface area contributed by atoms with E-state index in [0.29, 0.717) is 0 Å². The topological polar surface area (TPSA) is 44.8 Å². The van der Waals surface area contributed by atoms with Crippen LogP contribution in [0.5, 0.6) is 0 Å². The lowest BCUT2D eigenvalue weighted by atomic mass is 10.3. The molecule has 0 amide bonds. The van der Waals surface area contributed by atoms with Crippen LogP contribution in [0.2, 0.25) is 0 Å². The minimum atomic E-state index is -3.24. The highest BCUT2D eigenvalue weighted by Crippen LogP contribution is 2.50. The normalized spacial score (nSPS) is 24.7. The summed E-state index contributed by atoms with van der Waals surface area (Å²) in [5, 5.41) is 0. The molecule has 0 spiro atoms. The van der Waals surface area contributed by atoms with Crippen LogP contribution in [-0.2, 0) is 18.1 Å². The first-order valence-corrected chi connectivity index (χ1v) is 6.29. The van der Waals surface area contributed by atoms with Gasteiger partial charge < -0.3 is 0 Å². The summed E-state index contributed by atoms with van der Waals surface area (Å²) in [6, 6.07) is 0. The van der Waals surface area contributed by atoms with Crippen LogP contribution < -0.4 is 0 Å². The smallest absolute Gasteiger partial charge is 0.290 e. The van der Waals surface area contributed by atoms with Crippen molar-refractivity contribution in [2.45, 2.75) is 12.5 Å². The van der Waals surface area contributed by atoms with Gasteiger partial charge in [-0.3, -0.25) is 13.6 Å². The van der Waals surface area contributed by atoms with E-state index in [0.717, 1.165) is 17.9 Å². The molecule has 6 heteroatoms. The van der Waals surface area contributed by atoms with Gasteiger partial charge in [-0.2, -0.15) is 11.8 Å². The molecule has 0 N–H and O–H groups in total. The van der Waals surface area contributed by atoms with Crippen molar-refractivity contribution in [3.63, 3.8) is 0 Å². The minimum absolute atomic E-state index is 0.0146. The Balaban J connectivity index is 2.41. The molecular formula is C6H13O4PS. The van der Waals surface area contributed by atoms with E-state index in [2.05, 4.69) is 9.05 Å². The van der Waals surface area contributed by atoms with Crippen LogP contribution in [0.1, 0.15) is 6.42 Å². The fraction of sp³-hybridized carbons (Fsp3) is 1.00. The van der Waals surface area contributed by atoms with Gasteiger partial charge in [-0.05, 0) is 12.2 Å². The van der Waals surface area contributed by atoms with Crippen molar-refractivity contribution < 1.29 is 18.1 Å². The number of rotatable bonds is 4. The van der Waals surface area contributed by atoms with Crippen molar-refractivity contribution in [2.75, 3.05) is 25.7 Å². The van der Waals surface area contributed by atoms with E-state index >= 15 is 0 Å². The second-order valence-electron chi connectivity index (χ2n) is 2.40. The van der Waals surface area contributed by atoms with Gasteiger partial charge in [0.15, 0.2) is 0 Å². The van der Waals surface area contributed by atoms with Crippen LogP contribution in [0.3, 0.4) is 0 Å². The highest BCUT2D eigenvalue weighted by molar-refractivity contribution is 7.99. The molecule has 1 aliphatic heterocycles. The van der Waals surface area contributed by atoms with Gasteiger partial charge in [0.1, 0.15) is 0 Å². The standard InChI is InChI=1S/C6H13O4PS/c1-8-11(7,9-2)10-6-3-4-12-5-6/h6H,3-5H2,1-2H3. The van der Waals surface area contributed by atoms with Crippen LogP contribution in [0.4, 0.5) is 0 Å². The SMILES string of the molecule is COP(=O)(OC)OC1CCSC1. The predicted octanol–water partition coefficient (Wildman–Crippen LogP) is 1.91. The van der Waals surface area contributed by atoms with Crippen LogP contribution in [0, 0.1) is 0 Å². The summed E-state index contributed by atoms with van der Waals surface area (Å²) in [6.07, 6.45) is 0.933. The first kappa shape index (κ1) is 10.5. The fourth-order valence-corrected chi connectivity index (χ4v) is 3.00. The molecule has 1 rings (SSSR count). The third-order valence-corrected chi connectivity index (χ3v) is 4.20. The molecule has 0 aromatic rings. The summed E-state index contributed by atoms with van der Waals surface area (Å²) in [5.41, 5.74) is 0. The molecule has 12 heavy (non-hydrogen) atoms. The number of phosphoric acid groups is 1. The molecule has 1 fully saturated rings. The Labute approximate surface area is 76.6 Å². The average molecular weight is 212 g/mol. The molecule has 0 saturated carbocycles. The number of hydrogen-bond donors (Lipinski definition) is 0. The van der Waals surface area contributed by atoms with E-state index in [1.165, 1.54) is 14.2 Å². The summed E-state index contributed by atoms with van der Waals surface area (Å²) in [4.78, 5) is 0. The number of thioether (sulfide) groups is 1. The lowest BCUT2D eigenvalue weighted by molar-refractivity contribution is 0.117. The van der Waals surface area contributed by atoms with Crippen molar-refractivity contribution in [1.82, 2.24) is 0 Å². The van der Waals surface area contributed by atoms with Crippen LogP contribution in [-0.4, -0.2) is 31.8 Å². The first-order chi connectivity index (χ1) is 5.70. The van der Waals surface area contributed by atoms with Gasteiger partial charge in [-0.15, -0.1) is 0 Å². The van der Waals surface area contributed by atoms with E-state index in [9.17, 15) is 4.57 Å². The van der Waals surface area contributed by atoms with Gasteiger partial charge in [0.05, 0.1) is 6.10 Å². The Hall–Kier alpha value is 0.460. The molecule has 1 heterocycles. The number of phosphoric ester groups is 1. The van der Waals surface area contributed by atoms with E-state index < -0.39 is 7.82 Å².